The SMILES string of the molecule is CCN(CC(C)C(=O)CCl)C(=O)C(F)(F)C(F)F. The highest BCUT2D eigenvalue weighted by Crippen LogP contribution is 2.25. The fourth-order valence-corrected chi connectivity index (χ4v) is 1.49. The lowest BCUT2D eigenvalue weighted by Gasteiger charge is -2.27. The molecule has 0 N–H and O–H groups in total. The molecule has 3 nitrogen and oxygen atoms in total. The third-order valence-corrected chi connectivity index (χ3v) is 2.67. The van der Waals surface area contributed by atoms with Gasteiger partial charge in [-0.3, -0.25) is 9.59 Å². The minimum Gasteiger partial charge on any atom is -0.337 e. The van der Waals surface area contributed by atoms with E-state index in [0.29, 0.717) is 4.90 Å². The smallest absolute Gasteiger partial charge is 0.337 e. The summed E-state index contributed by atoms with van der Waals surface area (Å²) in [7, 11) is 0. The molecule has 8 heteroatoms. The van der Waals surface area contributed by atoms with Crippen molar-refractivity contribution in [2.45, 2.75) is 26.2 Å². The van der Waals surface area contributed by atoms with Crippen molar-refractivity contribution >= 4 is 23.3 Å². The molecule has 1 unspecified atom stereocenters. The highest BCUT2D eigenvalue weighted by molar-refractivity contribution is 6.27. The molecule has 0 spiro atoms. The van der Waals surface area contributed by atoms with Gasteiger partial charge in [0.1, 0.15) is 0 Å². The van der Waals surface area contributed by atoms with E-state index in [1.54, 1.807) is 0 Å². The Morgan fingerprint density at radius 2 is 1.83 bits per heavy atom. The van der Waals surface area contributed by atoms with Gasteiger partial charge in [0.15, 0.2) is 5.78 Å². The molecular weight excluding hydrogens is 278 g/mol. The standard InChI is InChI=1S/C10H14ClF4NO2/c1-3-16(5-6(2)7(17)4-11)9(18)10(14,15)8(12)13/h6,8H,3-5H2,1-2H3. The second-order valence-corrected chi connectivity index (χ2v) is 4.04. The van der Waals surface area contributed by atoms with Crippen molar-refractivity contribution in [2.75, 3.05) is 19.0 Å². The number of ketones is 1. The van der Waals surface area contributed by atoms with Gasteiger partial charge in [0.25, 0.3) is 5.91 Å². The lowest BCUT2D eigenvalue weighted by atomic mass is 10.1. The molecule has 0 heterocycles. The lowest BCUT2D eigenvalue weighted by Crippen LogP contribution is -2.49. The molecule has 106 valence electrons. The van der Waals surface area contributed by atoms with E-state index in [1.807, 2.05) is 0 Å². The molecule has 0 aromatic rings. The van der Waals surface area contributed by atoms with Crippen LogP contribution in [0.4, 0.5) is 17.6 Å². The number of halogens is 5. The monoisotopic (exact) mass is 291 g/mol. The molecule has 0 saturated carbocycles. The summed E-state index contributed by atoms with van der Waals surface area (Å²) >= 11 is 5.27. The van der Waals surface area contributed by atoms with Crippen LogP contribution in [0.25, 0.3) is 0 Å². The summed E-state index contributed by atoms with van der Waals surface area (Å²) in [6.07, 6.45) is -4.07. The third kappa shape index (κ3) is 4.12. The lowest BCUT2D eigenvalue weighted by molar-refractivity contribution is -0.180. The van der Waals surface area contributed by atoms with E-state index in [-0.39, 0.29) is 19.0 Å². The van der Waals surface area contributed by atoms with E-state index in [9.17, 15) is 27.2 Å². The molecule has 0 bridgehead atoms. The predicted octanol–water partition coefficient (Wildman–Crippen LogP) is 2.18. The van der Waals surface area contributed by atoms with E-state index >= 15 is 0 Å². The average Bonchev–Trinajstić information content (AvgIpc) is 2.33. The number of rotatable bonds is 7. The van der Waals surface area contributed by atoms with Gasteiger partial charge in [0.05, 0.1) is 5.88 Å². The zero-order valence-electron chi connectivity index (χ0n) is 9.93. The molecule has 0 aliphatic heterocycles. The van der Waals surface area contributed by atoms with E-state index < -0.39 is 30.0 Å². The van der Waals surface area contributed by atoms with Gasteiger partial charge in [-0.2, -0.15) is 8.78 Å². The van der Waals surface area contributed by atoms with Crippen LogP contribution < -0.4 is 0 Å². The van der Waals surface area contributed by atoms with Gasteiger partial charge in [-0.15, -0.1) is 11.6 Å². The Morgan fingerprint density at radius 1 is 1.33 bits per heavy atom. The molecule has 0 aromatic carbocycles. The summed E-state index contributed by atoms with van der Waals surface area (Å²) in [5.74, 6) is -8.25. The van der Waals surface area contributed by atoms with Gasteiger partial charge in [0, 0.05) is 19.0 Å². The molecule has 0 rings (SSSR count). The van der Waals surface area contributed by atoms with E-state index in [2.05, 4.69) is 0 Å². The van der Waals surface area contributed by atoms with Crippen LogP contribution in [0.5, 0.6) is 0 Å². The Balaban J connectivity index is 4.79. The molecular formula is C10H14ClF4NO2. The van der Waals surface area contributed by atoms with Gasteiger partial charge in [-0.05, 0) is 6.92 Å². The molecule has 0 aliphatic carbocycles. The first kappa shape index (κ1) is 17.2. The van der Waals surface area contributed by atoms with Crippen LogP contribution in [0.3, 0.4) is 0 Å². The van der Waals surface area contributed by atoms with Gasteiger partial charge < -0.3 is 4.90 Å². The topological polar surface area (TPSA) is 37.4 Å². The second-order valence-electron chi connectivity index (χ2n) is 3.77. The Hall–Kier alpha value is -0.850. The van der Waals surface area contributed by atoms with E-state index in [4.69, 9.17) is 11.6 Å². The van der Waals surface area contributed by atoms with Crippen molar-refractivity contribution < 1.29 is 27.2 Å². The predicted molar refractivity (Wildman–Crippen MR) is 58.1 cm³/mol. The fourth-order valence-electron chi connectivity index (χ4n) is 1.22. The second kappa shape index (κ2) is 6.92. The molecule has 0 aromatic heterocycles. The van der Waals surface area contributed by atoms with Crippen LogP contribution in [-0.4, -0.2) is 47.9 Å². The summed E-state index contributed by atoms with van der Waals surface area (Å²) in [6.45, 7) is 2.20. The Morgan fingerprint density at radius 3 is 2.17 bits per heavy atom. The van der Waals surface area contributed by atoms with E-state index in [0.717, 1.165) is 0 Å². The quantitative estimate of drug-likeness (QED) is 0.532. The van der Waals surface area contributed by atoms with Crippen LogP contribution >= 0.6 is 11.6 Å². The van der Waals surface area contributed by atoms with Crippen LogP contribution in [-0.2, 0) is 9.59 Å². The van der Waals surface area contributed by atoms with Crippen LogP contribution in [0, 0.1) is 5.92 Å². The summed E-state index contributed by atoms with van der Waals surface area (Å²) in [6, 6.07) is 0. The van der Waals surface area contributed by atoms with Crippen molar-refractivity contribution in [2.24, 2.45) is 5.92 Å². The van der Waals surface area contributed by atoms with Crippen molar-refractivity contribution in [1.29, 1.82) is 0 Å². The number of carbonyl (C=O) groups is 2. The maximum atomic E-state index is 12.9. The molecule has 1 amide bonds. The van der Waals surface area contributed by atoms with Gasteiger partial charge in [-0.1, -0.05) is 6.92 Å². The number of alkyl halides is 5. The number of hydrogen-bond acceptors (Lipinski definition) is 2. The Bertz CT molecular complexity index is 312. The molecule has 0 saturated heterocycles. The molecule has 0 aliphatic rings. The normalized spacial score (nSPS) is 13.6. The number of nitrogens with zero attached hydrogens (tertiary/aromatic N) is 1. The summed E-state index contributed by atoms with van der Waals surface area (Å²) in [5.41, 5.74) is 0. The highest BCUT2D eigenvalue weighted by atomic mass is 35.5. The maximum Gasteiger partial charge on any atom is 0.383 e. The third-order valence-electron chi connectivity index (χ3n) is 2.40. The Kier molecular flexibility index (Phi) is 6.59. The molecule has 0 fully saturated rings. The van der Waals surface area contributed by atoms with Crippen LogP contribution in [0.2, 0.25) is 0 Å². The van der Waals surface area contributed by atoms with Crippen LogP contribution in [0.15, 0.2) is 0 Å². The van der Waals surface area contributed by atoms with Gasteiger partial charge in [-0.25, -0.2) is 8.78 Å². The van der Waals surface area contributed by atoms with Crippen molar-refractivity contribution in [3.05, 3.63) is 0 Å². The average molecular weight is 292 g/mol. The zero-order chi connectivity index (χ0) is 14.5. The molecule has 1 atom stereocenters. The first-order valence-electron chi connectivity index (χ1n) is 5.22. The minimum atomic E-state index is -4.74. The fraction of sp³-hybridized carbons (Fsp3) is 0.800. The summed E-state index contributed by atoms with van der Waals surface area (Å²) in [4.78, 5) is 22.9. The number of Topliss-reactive ketones (excluding diaryl/α,β-unsaturated/α-hetero) is 1. The van der Waals surface area contributed by atoms with Crippen molar-refractivity contribution in [3.8, 4) is 0 Å². The van der Waals surface area contributed by atoms with Gasteiger partial charge >= 0.3 is 12.3 Å². The number of amides is 1. The molecule has 18 heavy (non-hydrogen) atoms. The minimum absolute atomic E-state index is 0.193. The first-order valence-corrected chi connectivity index (χ1v) is 5.75. The van der Waals surface area contributed by atoms with Crippen LogP contribution in [0.1, 0.15) is 13.8 Å². The first-order chi connectivity index (χ1) is 8.18. The largest absolute Gasteiger partial charge is 0.383 e. The number of hydrogen-bond donors (Lipinski definition) is 0. The highest BCUT2D eigenvalue weighted by Gasteiger charge is 2.51. The summed E-state index contributed by atoms with van der Waals surface area (Å²) in [5, 5.41) is 0. The zero-order valence-corrected chi connectivity index (χ0v) is 10.7. The Labute approximate surface area is 107 Å². The summed E-state index contributed by atoms with van der Waals surface area (Å²) < 4.78 is 49.8. The van der Waals surface area contributed by atoms with Gasteiger partial charge in [0.2, 0.25) is 0 Å². The van der Waals surface area contributed by atoms with Crippen molar-refractivity contribution in [3.63, 3.8) is 0 Å². The maximum absolute atomic E-state index is 12.9. The van der Waals surface area contributed by atoms with Crippen molar-refractivity contribution in [1.82, 2.24) is 4.90 Å². The molecule has 0 radical (unpaired) electrons. The number of carbonyl (C=O) groups excluding carboxylic acids is 2. The van der Waals surface area contributed by atoms with E-state index in [1.165, 1.54) is 13.8 Å².